The lowest BCUT2D eigenvalue weighted by atomic mass is 9.69. The van der Waals surface area contributed by atoms with E-state index in [1.165, 1.54) is 12.1 Å². The molecule has 2 amide bonds. The second-order valence-corrected chi connectivity index (χ2v) is 7.50. The van der Waals surface area contributed by atoms with Crippen molar-refractivity contribution < 1.29 is 27.5 Å². The van der Waals surface area contributed by atoms with Crippen LogP contribution < -0.4 is 4.90 Å². The quantitative estimate of drug-likeness (QED) is 0.718. The number of benzene rings is 1. The smallest absolute Gasteiger partial charge is 0.367 e. The zero-order valence-corrected chi connectivity index (χ0v) is 14.1. The van der Waals surface area contributed by atoms with Gasteiger partial charge in [-0.1, -0.05) is 6.07 Å². The first-order valence-electron chi connectivity index (χ1n) is 8.22. The molecule has 26 heavy (non-hydrogen) atoms. The molecule has 0 saturated carbocycles. The first-order chi connectivity index (χ1) is 12.0. The van der Waals surface area contributed by atoms with Gasteiger partial charge in [0.1, 0.15) is 0 Å². The van der Waals surface area contributed by atoms with Crippen molar-refractivity contribution in [2.24, 2.45) is 11.8 Å². The van der Waals surface area contributed by atoms with Gasteiger partial charge in [0, 0.05) is 0 Å². The highest BCUT2D eigenvalue weighted by Crippen LogP contribution is 2.61. The highest BCUT2D eigenvalue weighted by Gasteiger charge is 2.72. The summed E-state index contributed by atoms with van der Waals surface area (Å²) in [7, 11) is 0. The molecular formula is C18H15F3N2O3. The number of alkyl halides is 3. The van der Waals surface area contributed by atoms with Crippen LogP contribution in [-0.2, 0) is 20.5 Å². The summed E-state index contributed by atoms with van der Waals surface area (Å²) in [6.45, 7) is 3.46. The van der Waals surface area contributed by atoms with Crippen LogP contribution in [0.1, 0.15) is 37.8 Å². The number of imide groups is 1. The van der Waals surface area contributed by atoms with Gasteiger partial charge in [0.2, 0.25) is 11.8 Å². The summed E-state index contributed by atoms with van der Waals surface area (Å²) in [5.41, 5.74) is -4.16. The standard InChI is InChI=1S/C18H15F3N2O3/c1-16-6-7-17(2,26-16)13-12(16)14(24)23(15(13)25)10-5-3-4-9(8-22)11(10)18(19,20)21/h3-5,12-13H,6-7H2,1-2H3/t12-,13+,16-,17+. The van der Waals surface area contributed by atoms with Gasteiger partial charge in [-0.2, -0.15) is 18.4 Å². The topological polar surface area (TPSA) is 70.4 Å². The molecule has 0 spiro atoms. The second-order valence-electron chi connectivity index (χ2n) is 7.50. The Hall–Kier alpha value is -2.40. The van der Waals surface area contributed by atoms with Gasteiger partial charge < -0.3 is 4.74 Å². The predicted molar refractivity (Wildman–Crippen MR) is 82.8 cm³/mol. The third kappa shape index (κ3) is 1.95. The Kier molecular flexibility index (Phi) is 3.18. The van der Waals surface area contributed by atoms with Crippen molar-refractivity contribution in [1.29, 1.82) is 5.26 Å². The summed E-state index contributed by atoms with van der Waals surface area (Å²) < 4.78 is 46.7. The normalized spacial score (nSPS) is 35.8. The van der Waals surface area contributed by atoms with Crippen molar-refractivity contribution in [3.05, 3.63) is 29.3 Å². The Morgan fingerprint density at radius 2 is 1.69 bits per heavy atom. The lowest BCUT2D eigenvalue weighted by molar-refractivity contribution is -0.137. The Labute approximate surface area is 147 Å². The molecule has 0 N–H and O–H groups in total. The summed E-state index contributed by atoms with van der Waals surface area (Å²) in [6, 6.07) is 4.82. The van der Waals surface area contributed by atoms with Gasteiger partial charge in [-0.15, -0.1) is 0 Å². The molecule has 8 heteroatoms. The molecule has 0 radical (unpaired) electrons. The van der Waals surface area contributed by atoms with E-state index in [1.54, 1.807) is 13.8 Å². The van der Waals surface area contributed by atoms with Crippen LogP contribution in [0.3, 0.4) is 0 Å². The van der Waals surface area contributed by atoms with Gasteiger partial charge in [-0.05, 0) is 38.8 Å². The first kappa shape index (κ1) is 17.0. The highest BCUT2D eigenvalue weighted by molar-refractivity contribution is 6.23. The molecule has 3 saturated heterocycles. The van der Waals surface area contributed by atoms with Crippen LogP contribution in [0.15, 0.2) is 18.2 Å². The largest absolute Gasteiger partial charge is 0.419 e. The molecule has 0 aliphatic carbocycles. The van der Waals surface area contributed by atoms with Gasteiger partial charge in [0.05, 0.1) is 45.9 Å². The average molecular weight is 364 g/mol. The van der Waals surface area contributed by atoms with E-state index in [-0.39, 0.29) is 0 Å². The molecule has 4 atom stereocenters. The zero-order valence-electron chi connectivity index (χ0n) is 14.1. The third-order valence-electron chi connectivity index (χ3n) is 5.89. The van der Waals surface area contributed by atoms with E-state index >= 15 is 0 Å². The van der Waals surface area contributed by atoms with Crippen molar-refractivity contribution in [1.82, 2.24) is 0 Å². The van der Waals surface area contributed by atoms with Crippen LogP contribution in [0, 0.1) is 23.2 Å². The number of amides is 2. The van der Waals surface area contributed by atoms with Crippen LogP contribution in [0.5, 0.6) is 0 Å². The summed E-state index contributed by atoms with van der Waals surface area (Å²) in [4.78, 5) is 26.6. The number of hydrogen-bond donors (Lipinski definition) is 0. The van der Waals surface area contributed by atoms with E-state index in [1.807, 2.05) is 0 Å². The fourth-order valence-corrected chi connectivity index (χ4v) is 4.82. The average Bonchev–Trinajstić information content (AvgIpc) is 3.10. The van der Waals surface area contributed by atoms with Crippen LogP contribution in [0.4, 0.5) is 18.9 Å². The number of rotatable bonds is 1. The lowest BCUT2D eigenvalue weighted by Crippen LogP contribution is -2.40. The van der Waals surface area contributed by atoms with Crippen LogP contribution in [0.2, 0.25) is 0 Å². The summed E-state index contributed by atoms with van der Waals surface area (Å²) >= 11 is 0. The van der Waals surface area contributed by atoms with Crippen LogP contribution >= 0.6 is 0 Å². The molecule has 0 unspecified atom stereocenters. The van der Waals surface area contributed by atoms with Gasteiger partial charge in [-0.3, -0.25) is 9.59 Å². The van der Waals surface area contributed by atoms with Crippen molar-refractivity contribution in [3.63, 3.8) is 0 Å². The fraction of sp³-hybridized carbons (Fsp3) is 0.500. The minimum atomic E-state index is -4.87. The third-order valence-corrected chi connectivity index (χ3v) is 5.89. The summed E-state index contributed by atoms with van der Waals surface area (Å²) in [5, 5.41) is 9.06. The molecule has 5 nitrogen and oxygen atoms in total. The fourth-order valence-electron chi connectivity index (χ4n) is 4.82. The maximum atomic E-state index is 13.6. The van der Waals surface area contributed by atoms with E-state index in [9.17, 15) is 22.8 Å². The predicted octanol–water partition coefficient (Wildman–Crippen LogP) is 3.02. The molecule has 3 fully saturated rings. The maximum Gasteiger partial charge on any atom is 0.419 e. The number of fused-ring (bicyclic) bond motifs is 5. The number of nitrogens with zero attached hydrogens (tertiary/aromatic N) is 2. The number of anilines is 1. The van der Waals surface area contributed by atoms with Crippen LogP contribution in [-0.4, -0.2) is 23.0 Å². The molecule has 2 bridgehead atoms. The van der Waals surface area contributed by atoms with Gasteiger partial charge in [0.25, 0.3) is 0 Å². The summed E-state index contributed by atoms with van der Waals surface area (Å²) in [6.07, 6.45) is -3.73. The second kappa shape index (κ2) is 4.86. The van der Waals surface area contributed by atoms with Crippen molar-refractivity contribution in [2.75, 3.05) is 4.90 Å². The number of carbonyl (C=O) groups is 2. The zero-order chi connectivity index (χ0) is 19.1. The minimum Gasteiger partial charge on any atom is -0.367 e. The van der Waals surface area contributed by atoms with E-state index in [0.717, 1.165) is 12.1 Å². The maximum absolute atomic E-state index is 13.6. The molecule has 4 rings (SSSR count). The molecule has 1 aromatic rings. The Morgan fingerprint density at radius 1 is 1.15 bits per heavy atom. The molecule has 3 aliphatic rings. The highest BCUT2D eigenvalue weighted by atomic mass is 19.4. The Morgan fingerprint density at radius 3 is 2.15 bits per heavy atom. The van der Waals surface area contributed by atoms with E-state index in [0.29, 0.717) is 17.7 Å². The molecule has 136 valence electrons. The molecule has 3 aliphatic heterocycles. The number of ether oxygens (including phenoxy) is 1. The number of halogens is 3. The molecule has 0 aromatic heterocycles. The van der Waals surface area contributed by atoms with E-state index in [2.05, 4.69) is 0 Å². The number of hydrogen-bond acceptors (Lipinski definition) is 4. The SMILES string of the molecule is C[C@]12CC[C@](C)(O1)[C@@H]1C(=O)N(c3cccc(C#N)c3C(F)(F)F)C(=O)[C@@H]12. The van der Waals surface area contributed by atoms with Gasteiger partial charge >= 0.3 is 6.18 Å². The Bertz CT molecular complexity index is 857. The monoisotopic (exact) mass is 364 g/mol. The van der Waals surface area contributed by atoms with E-state index < -0.39 is 57.8 Å². The number of carbonyl (C=O) groups excluding carboxylic acids is 2. The molecular weight excluding hydrogens is 349 g/mol. The summed E-state index contributed by atoms with van der Waals surface area (Å²) in [5.74, 6) is -2.99. The lowest BCUT2D eigenvalue weighted by Gasteiger charge is -2.27. The van der Waals surface area contributed by atoms with Gasteiger partial charge in [0.15, 0.2) is 0 Å². The Balaban J connectivity index is 1.89. The minimum absolute atomic E-state index is 0.571. The molecule has 3 heterocycles. The van der Waals surface area contributed by atoms with Crippen molar-refractivity contribution >= 4 is 17.5 Å². The molecule has 1 aromatic carbocycles. The van der Waals surface area contributed by atoms with Crippen LogP contribution in [0.25, 0.3) is 0 Å². The number of nitriles is 1. The van der Waals surface area contributed by atoms with E-state index in [4.69, 9.17) is 10.00 Å². The van der Waals surface area contributed by atoms with Crippen molar-refractivity contribution in [3.8, 4) is 6.07 Å². The van der Waals surface area contributed by atoms with Gasteiger partial charge in [-0.25, -0.2) is 4.90 Å². The first-order valence-corrected chi connectivity index (χ1v) is 8.22. The van der Waals surface area contributed by atoms with Crippen molar-refractivity contribution in [2.45, 2.75) is 44.1 Å².